The molecule has 8 nitrogen and oxygen atoms in total. The number of aryl methyl sites for hydroxylation is 2. The Labute approximate surface area is 191 Å². The number of anilines is 1. The van der Waals surface area contributed by atoms with E-state index in [-0.39, 0.29) is 12.2 Å². The van der Waals surface area contributed by atoms with Crippen LogP contribution in [0, 0.1) is 13.8 Å². The number of benzene rings is 3. The fraction of sp³-hybridized carbons (Fsp3) is 0.160. The van der Waals surface area contributed by atoms with Crippen LogP contribution in [0.3, 0.4) is 0 Å². The molecule has 170 valence electrons. The highest BCUT2D eigenvalue weighted by atomic mass is 16.5. The summed E-state index contributed by atoms with van der Waals surface area (Å²) in [5.74, 6) is 0.0525. The molecule has 0 atom stereocenters. The van der Waals surface area contributed by atoms with Gasteiger partial charge >= 0.3 is 12.0 Å². The van der Waals surface area contributed by atoms with Gasteiger partial charge in [0.05, 0.1) is 18.9 Å². The van der Waals surface area contributed by atoms with E-state index in [4.69, 9.17) is 14.6 Å². The van der Waals surface area contributed by atoms with Gasteiger partial charge in [0.2, 0.25) is 0 Å². The zero-order valence-corrected chi connectivity index (χ0v) is 18.6. The third-order valence-electron chi connectivity index (χ3n) is 4.93. The van der Waals surface area contributed by atoms with E-state index in [1.54, 1.807) is 30.3 Å². The Morgan fingerprint density at radius 3 is 2.39 bits per heavy atom. The Morgan fingerprint density at radius 1 is 0.970 bits per heavy atom. The Hall–Kier alpha value is -4.33. The number of hydrazone groups is 1. The van der Waals surface area contributed by atoms with Crippen LogP contribution in [0.1, 0.15) is 32.6 Å². The standard InChI is InChI=1S/C25H25N3O5/c1-16-4-10-21(12-17(16)2)27-25(31)28-26-14-19-7-11-22(23(13-19)32-3)33-15-18-5-8-20(9-6-18)24(29)30/h4-14H,15H2,1-3H3,(H,29,30)(H2,27,28,31)/b26-14+. The molecule has 0 aromatic heterocycles. The van der Waals surface area contributed by atoms with Gasteiger partial charge in [0.1, 0.15) is 6.61 Å². The first-order valence-corrected chi connectivity index (χ1v) is 10.2. The molecule has 0 saturated carbocycles. The number of aromatic carboxylic acids is 1. The van der Waals surface area contributed by atoms with Crippen molar-refractivity contribution >= 4 is 23.9 Å². The third-order valence-corrected chi connectivity index (χ3v) is 4.93. The van der Waals surface area contributed by atoms with E-state index in [1.807, 2.05) is 32.0 Å². The van der Waals surface area contributed by atoms with Crippen LogP contribution in [0.15, 0.2) is 65.8 Å². The minimum Gasteiger partial charge on any atom is -0.493 e. The van der Waals surface area contributed by atoms with Crippen LogP contribution >= 0.6 is 0 Å². The van der Waals surface area contributed by atoms with Crippen molar-refractivity contribution in [2.45, 2.75) is 20.5 Å². The molecule has 3 rings (SSSR count). The molecule has 0 radical (unpaired) electrons. The van der Waals surface area contributed by atoms with Gasteiger partial charge in [0.15, 0.2) is 11.5 Å². The van der Waals surface area contributed by atoms with Gasteiger partial charge in [-0.25, -0.2) is 15.0 Å². The number of carboxylic acids is 1. The van der Waals surface area contributed by atoms with E-state index in [2.05, 4.69) is 15.8 Å². The van der Waals surface area contributed by atoms with E-state index in [1.165, 1.54) is 25.5 Å². The number of ether oxygens (including phenoxy) is 2. The smallest absolute Gasteiger partial charge is 0.339 e. The molecular formula is C25H25N3O5. The summed E-state index contributed by atoms with van der Waals surface area (Å²) < 4.78 is 11.2. The second-order valence-electron chi connectivity index (χ2n) is 7.32. The van der Waals surface area contributed by atoms with E-state index in [0.29, 0.717) is 22.7 Å². The number of rotatable bonds is 8. The van der Waals surface area contributed by atoms with Crippen LogP contribution in [-0.4, -0.2) is 30.4 Å². The van der Waals surface area contributed by atoms with E-state index < -0.39 is 12.0 Å². The maximum absolute atomic E-state index is 12.0. The summed E-state index contributed by atoms with van der Waals surface area (Å²) in [6.45, 7) is 4.24. The average Bonchev–Trinajstić information content (AvgIpc) is 2.80. The van der Waals surface area contributed by atoms with Crippen LogP contribution in [0.2, 0.25) is 0 Å². The highest BCUT2D eigenvalue weighted by Gasteiger charge is 2.07. The predicted octanol–water partition coefficient (Wildman–Crippen LogP) is 4.74. The maximum Gasteiger partial charge on any atom is 0.339 e. The van der Waals surface area contributed by atoms with Crippen molar-refractivity contribution in [1.82, 2.24) is 5.43 Å². The SMILES string of the molecule is COc1cc(/C=N/NC(=O)Nc2ccc(C)c(C)c2)ccc1OCc1ccc(C(=O)O)cc1. The molecule has 0 bridgehead atoms. The summed E-state index contributed by atoms with van der Waals surface area (Å²) in [6, 6.07) is 16.9. The second kappa shape index (κ2) is 10.8. The van der Waals surface area contributed by atoms with Crippen molar-refractivity contribution in [3.05, 3.63) is 88.5 Å². The molecular weight excluding hydrogens is 422 g/mol. The molecule has 3 N–H and O–H groups in total. The molecule has 0 heterocycles. The van der Waals surface area contributed by atoms with Crippen LogP contribution < -0.4 is 20.2 Å². The summed E-state index contributed by atoms with van der Waals surface area (Å²) in [4.78, 5) is 23.0. The van der Waals surface area contributed by atoms with Crippen LogP contribution in [-0.2, 0) is 6.61 Å². The molecule has 0 saturated heterocycles. The fourth-order valence-corrected chi connectivity index (χ4v) is 2.93. The van der Waals surface area contributed by atoms with Crippen molar-refractivity contribution in [2.75, 3.05) is 12.4 Å². The number of nitrogens with zero attached hydrogens (tertiary/aromatic N) is 1. The minimum atomic E-state index is -0.974. The van der Waals surface area contributed by atoms with Gasteiger partial charge in [-0.05, 0) is 78.6 Å². The molecule has 8 heteroatoms. The lowest BCUT2D eigenvalue weighted by atomic mass is 10.1. The molecule has 2 amide bonds. The van der Waals surface area contributed by atoms with Crippen molar-refractivity contribution < 1.29 is 24.2 Å². The molecule has 0 aliphatic heterocycles. The van der Waals surface area contributed by atoms with Gasteiger partial charge in [-0.2, -0.15) is 5.10 Å². The average molecular weight is 447 g/mol. The van der Waals surface area contributed by atoms with E-state index in [0.717, 1.165) is 16.7 Å². The number of carbonyl (C=O) groups is 2. The summed E-state index contributed by atoms with van der Waals surface area (Å²) in [6.07, 6.45) is 1.50. The Morgan fingerprint density at radius 2 is 1.73 bits per heavy atom. The molecule has 3 aromatic rings. The van der Waals surface area contributed by atoms with Gasteiger partial charge in [0.25, 0.3) is 0 Å². The summed E-state index contributed by atoms with van der Waals surface area (Å²) >= 11 is 0. The molecule has 0 aliphatic carbocycles. The minimum absolute atomic E-state index is 0.219. The Bertz CT molecular complexity index is 1170. The van der Waals surface area contributed by atoms with Crippen molar-refractivity contribution in [3.63, 3.8) is 0 Å². The third kappa shape index (κ3) is 6.57. The monoisotopic (exact) mass is 447 g/mol. The van der Waals surface area contributed by atoms with Crippen molar-refractivity contribution in [1.29, 1.82) is 0 Å². The quantitative estimate of drug-likeness (QED) is 0.341. The van der Waals surface area contributed by atoms with Crippen LogP contribution in [0.5, 0.6) is 11.5 Å². The molecule has 0 fully saturated rings. The largest absolute Gasteiger partial charge is 0.493 e. The highest BCUT2D eigenvalue weighted by Crippen LogP contribution is 2.28. The van der Waals surface area contributed by atoms with Crippen LogP contribution in [0.4, 0.5) is 10.5 Å². The first-order chi connectivity index (χ1) is 15.9. The van der Waals surface area contributed by atoms with Crippen LogP contribution in [0.25, 0.3) is 0 Å². The zero-order chi connectivity index (χ0) is 23.8. The fourth-order valence-electron chi connectivity index (χ4n) is 2.93. The van der Waals surface area contributed by atoms with Gasteiger partial charge in [0, 0.05) is 5.69 Å². The number of methoxy groups -OCH3 is 1. The van der Waals surface area contributed by atoms with Gasteiger partial charge in [-0.1, -0.05) is 18.2 Å². The second-order valence-corrected chi connectivity index (χ2v) is 7.32. The number of hydrogen-bond acceptors (Lipinski definition) is 5. The van der Waals surface area contributed by atoms with Gasteiger partial charge < -0.3 is 19.9 Å². The number of carboxylic acid groups (broad SMARTS) is 1. The number of carbonyl (C=O) groups excluding carboxylic acids is 1. The first kappa shape index (κ1) is 23.3. The maximum atomic E-state index is 12.0. The number of hydrogen-bond donors (Lipinski definition) is 3. The summed E-state index contributed by atoms with van der Waals surface area (Å²) in [7, 11) is 1.53. The number of urea groups is 1. The summed E-state index contributed by atoms with van der Waals surface area (Å²) in [5.41, 5.74) is 7.10. The molecule has 3 aromatic carbocycles. The molecule has 0 aliphatic rings. The lowest BCUT2D eigenvalue weighted by molar-refractivity contribution is 0.0696. The highest BCUT2D eigenvalue weighted by molar-refractivity contribution is 5.90. The normalized spacial score (nSPS) is 10.6. The lowest BCUT2D eigenvalue weighted by Crippen LogP contribution is -2.24. The van der Waals surface area contributed by atoms with E-state index in [9.17, 15) is 9.59 Å². The van der Waals surface area contributed by atoms with Crippen molar-refractivity contribution in [2.24, 2.45) is 5.10 Å². The molecule has 0 unspecified atom stereocenters. The topological polar surface area (TPSA) is 109 Å². The zero-order valence-electron chi connectivity index (χ0n) is 18.6. The predicted molar refractivity (Wildman–Crippen MR) is 126 cm³/mol. The number of nitrogens with one attached hydrogen (secondary N) is 2. The number of amides is 2. The lowest BCUT2D eigenvalue weighted by Gasteiger charge is -2.11. The first-order valence-electron chi connectivity index (χ1n) is 10.2. The molecule has 0 spiro atoms. The Balaban J connectivity index is 1.56. The van der Waals surface area contributed by atoms with E-state index >= 15 is 0 Å². The van der Waals surface area contributed by atoms with Crippen molar-refractivity contribution in [3.8, 4) is 11.5 Å². The summed E-state index contributed by atoms with van der Waals surface area (Å²) in [5, 5.41) is 15.7. The van der Waals surface area contributed by atoms with Gasteiger partial charge in [-0.15, -0.1) is 0 Å². The Kier molecular flexibility index (Phi) is 7.64. The van der Waals surface area contributed by atoms with Gasteiger partial charge in [-0.3, -0.25) is 0 Å². The molecule has 33 heavy (non-hydrogen) atoms.